The van der Waals surface area contributed by atoms with Gasteiger partial charge in [-0.15, -0.1) is 0 Å². The van der Waals surface area contributed by atoms with E-state index in [4.69, 9.17) is 4.52 Å². The molecule has 106 valence electrons. The Morgan fingerprint density at radius 2 is 1.90 bits per heavy atom. The molecule has 1 saturated carbocycles. The van der Waals surface area contributed by atoms with Crippen molar-refractivity contribution >= 4 is 0 Å². The highest BCUT2D eigenvalue weighted by Crippen LogP contribution is 2.32. The molecule has 0 atom stereocenters. The molecule has 0 unspecified atom stereocenters. The molecule has 0 saturated heterocycles. The van der Waals surface area contributed by atoms with Crippen LogP contribution in [-0.4, -0.2) is 11.2 Å². The Morgan fingerprint density at radius 3 is 2.55 bits per heavy atom. The van der Waals surface area contributed by atoms with Crippen LogP contribution in [0.25, 0.3) is 0 Å². The number of aryl methyl sites for hydroxylation is 1. The molecule has 1 heterocycles. The van der Waals surface area contributed by atoms with Gasteiger partial charge in [0.2, 0.25) is 0 Å². The Morgan fingerprint density at radius 1 is 1.15 bits per heavy atom. The fraction of sp³-hybridized carbons (Fsp3) is 0.471. The second-order valence-corrected chi connectivity index (χ2v) is 5.77. The van der Waals surface area contributed by atoms with Crippen molar-refractivity contribution in [3.05, 3.63) is 53.4 Å². The highest BCUT2D eigenvalue weighted by Gasteiger charge is 2.22. The lowest BCUT2D eigenvalue weighted by atomic mass is 9.82. The van der Waals surface area contributed by atoms with Gasteiger partial charge in [-0.1, -0.05) is 35.5 Å². The highest BCUT2D eigenvalue weighted by molar-refractivity contribution is 5.20. The van der Waals surface area contributed by atoms with E-state index in [1.165, 1.54) is 31.2 Å². The van der Waals surface area contributed by atoms with Crippen LogP contribution in [0.3, 0.4) is 0 Å². The number of aromatic nitrogens is 1. The maximum Gasteiger partial charge on any atom is 0.150 e. The zero-order valence-corrected chi connectivity index (χ0v) is 12.0. The van der Waals surface area contributed by atoms with Crippen LogP contribution in [-0.2, 0) is 6.54 Å². The summed E-state index contributed by atoms with van der Waals surface area (Å²) in [6.45, 7) is 2.75. The predicted molar refractivity (Wildman–Crippen MR) is 79.5 cm³/mol. The summed E-state index contributed by atoms with van der Waals surface area (Å²) in [6, 6.07) is 13.5. The number of benzene rings is 1. The normalized spacial score (nSPS) is 22.9. The minimum atomic E-state index is 0.611. The summed E-state index contributed by atoms with van der Waals surface area (Å²) in [7, 11) is 0. The second-order valence-electron chi connectivity index (χ2n) is 5.77. The van der Waals surface area contributed by atoms with Crippen LogP contribution in [0.15, 0.2) is 40.9 Å². The Bertz CT molecular complexity index is 527. The topological polar surface area (TPSA) is 38.1 Å². The Hall–Kier alpha value is -1.61. The summed E-state index contributed by atoms with van der Waals surface area (Å²) in [6.07, 6.45) is 5.04. The van der Waals surface area contributed by atoms with Gasteiger partial charge in [0.1, 0.15) is 0 Å². The Labute approximate surface area is 120 Å². The van der Waals surface area contributed by atoms with Gasteiger partial charge in [-0.25, -0.2) is 0 Å². The molecule has 3 nitrogen and oxygen atoms in total. The van der Waals surface area contributed by atoms with E-state index in [1.807, 2.05) is 13.0 Å². The lowest BCUT2D eigenvalue weighted by Crippen LogP contribution is -2.32. The van der Waals surface area contributed by atoms with Crippen molar-refractivity contribution < 1.29 is 4.52 Å². The van der Waals surface area contributed by atoms with E-state index in [9.17, 15) is 0 Å². The van der Waals surface area contributed by atoms with Crippen LogP contribution in [0.2, 0.25) is 0 Å². The van der Waals surface area contributed by atoms with Crippen molar-refractivity contribution in [2.24, 2.45) is 0 Å². The summed E-state index contributed by atoms with van der Waals surface area (Å²) < 4.78 is 5.23. The van der Waals surface area contributed by atoms with Gasteiger partial charge in [0, 0.05) is 12.1 Å². The summed E-state index contributed by atoms with van der Waals surface area (Å²) in [5, 5.41) is 7.51. The molecule has 0 spiro atoms. The average molecular weight is 270 g/mol. The molecule has 1 aliphatic rings. The van der Waals surface area contributed by atoms with E-state index in [-0.39, 0.29) is 0 Å². The minimum absolute atomic E-state index is 0.611. The SMILES string of the molecule is Cc1cc(CNC2CCC(c3ccccc3)CC2)on1. The summed E-state index contributed by atoms with van der Waals surface area (Å²) in [4.78, 5) is 0. The zero-order valence-electron chi connectivity index (χ0n) is 12.0. The van der Waals surface area contributed by atoms with Crippen molar-refractivity contribution in [2.75, 3.05) is 0 Å². The van der Waals surface area contributed by atoms with Crippen LogP contribution in [0.4, 0.5) is 0 Å². The van der Waals surface area contributed by atoms with E-state index in [2.05, 4.69) is 40.8 Å². The van der Waals surface area contributed by atoms with Crippen molar-refractivity contribution in [3.63, 3.8) is 0 Å². The third-order valence-electron chi connectivity index (χ3n) is 4.24. The quantitative estimate of drug-likeness (QED) is 0.918. The highest BCUT2D eigenvalue weighted by atomic mass is 16.5. The van der Waals surface area contributed by atoms with Crippen LogP contribution in [0, 0.1) is 6.92 Å². The molecular formula is C17H22N2O. The van der Waals surface area contributed by atoms with Gasteiger partial charge in [0.15, 0.2) is 5.76 Å². The molecule has 1 aromatic carbocycles. The fourth-order valence-electron chi connectivity index (χ4n) is 3.10. The molecule has 3 heteroatoms. The van der Waals surface area contributed by atoms with Gasteiger partial charge in [-0.3, -0.25) is 0 Å². The molecule has 20 heavy (non-hydrogen) atoms. The minimum Gasteiger partial charge on any atom is -0.360 e. The molecular weight excluding hydrogens is 248 g/mol. The van der Waals surface area contributed by atoms with Crippen molar-refractivity contribution in [2.45, 2.75) is 51.1 Å². The molecule has 0 radical (unpaired) electrons. The number of rotatable bonds is 4. The predicted octanol–water partition coefficient (Wildman–Crippen LogP) is 3.80. The summed E-state index contributed by atoms with van der Waals surface area (Å²) in [5.74, 6) is 1.68. The maximum absolute atomic E-state index is 5.23. The standard InChI is InChI=1S/C17H22N2O/c1-13-11-17(20-19-13)12-18-16-9-7-15(8-10-16)14-5-3-2-4-6-14/h2-6,11,15-16,18H,7-10,12H2,1H3. The van der Waals surface area contributed by atoms with Gasteiger partial charge in [-0.2, -0.15) is 0 Å². The average Bonchev–Trinajstić information content (AvgIpc) is 2.92. The molecule has 1 aromatic heterocycles. The molecule has 2 aromatic rings. The van der Waals surface area contributed by atoms with Gasteiger partial charge in [0.05, 0.1) is 12.2 Å². The molecule has 3 rings (SSSR count). The van der Waals surface area contributed by atoms with Crippen LogP contribution in [0.1, 0.15) is 48.6 Å². The largest absolute Gasteiger partial charge is 0.360 e. The summed E-state index contributed by atoms with van der Waals surface area (Å²) in [5.41, 5.74) is 2.45. The third kappa shape index (κ3) is 3.28. The maximum atomic E-state index is 5.23. The zero-order chi connectivity index (χ0) is 13.8. The second kappa shape index (κ2) is 6.23. The van der Waals surface area contributed by atoms with Crippen molar-refractivity contribution in [1.29, 1.82) is 0 Å². The monoisotopic (exact) mass is 270 g/mol. The molecule has 1 N–H and O–H groups in total. The molecule has 1 aliphatic carbocycles. The molecule has 0 bridgehead atoms. The fourth-order valence-corrected chi connectivity index (χ4v) is 3.10. The van der Waals surface area contributed by atoms with E-state index in [0.717, 1.165) is 23.9 Å². The van der Waals surface area contributed by atoms with Crippen LogP contribution >= 0.6 is 0 Å². The van der Waals surface area contributed by atoms with Crippen molar-refractivity contribution in [1.82, 2.24) is 10.5 Å². The first-order valence-electron chi connectivity index (χ1n) is 7.52. The van der Waals surface area contributed by atoms with E-state index in [1.54, 1.807) is 0 Å². The van der Waals surface area contributed by atoms with Gasteiger partial charge >= 0.3 is 0 Å². The van der Waals surface area contributed by atoms with Gasteiger partial charge < -0.3 is 9.84 Å². The van der Waals surface area contributed by atoms with Crippen molar-refractivity contribution in [3.8, 4) is 0 Å². The first kappa shape index (κ1) is 13.4. The van der Waals surface area contributed by atoms with Crippen LogP contribution in [0.5, 0.6) is 0 Å². The smallest absolute Gasteiger partial charge is 0.150 e. The Kier molecular flexibility index (Phi) is 4.16. The Balaban J connectivity index is 1.47. The molecule has 1 fully saturated rings. The molecule has 0 amide bonds. The lowest BCUT2D eigenvalue weighted by Gasteiger charge is -2.29. The number of nitrogens with zero attached hydrogens (tertiary/aromatic N) is 1. The third-order valence-corrected chi connectivity index (χ3v) is 4.24. The number of hydrogen-bond acceptors (Lipinski definition) is 3. The lowest BCUT2D eigenvalue weighted by molar-refractivity contribution is 0.315. The van der Waals surface area contributed by atoms with Crippen LogP contribution < -0.4 is 5.32 Å². The van der Waals surface area contributed by atoms with E-state index in [0.29, 0.717) is 6.04 Å². The number of nitrogens with one attached hydrogen (secondary N) is 1. The number of hydrogen-bond donors (Lipinski definition) is 1. The first-order valence-corrected chi connectivity index (χ1v) is 7.52. The van der Waals surface area contributed by atoms with E-state index >= 15 is 0 Å². The summed E-state index contributed by atoms with van der Waals surface area (Å²) >= 11 is 0. The first-order chi connectivity index (χ1) is 9.81. The van der Waals surface area contributed by atoms with Gasteiger partial charge in [0.25, 0.3) is 0 Å². The molecule has 0 aliphatic heterocycles. The van der Waals surface area contributed by atoms with Gasteiger partial charge in [-0.05, 0) is 44.1 Å². The van der Waals surface area contributed by atoms with E-state index < -0.39 is 0 Å².